The monoisotopic (exact) mass is 524 g/mol. The quantitative estimate of drug-likeness (QED) is 0.572. The van der Waals surface area contributed by atoms with E-state index >= 15 is 0 Å². The van der Waals surface area contributed by atoms with Crippen molar-refractivity contribution in [3.05, 3.63) is 65.5 Å². The third-order valence-corrected chi connectivity index (χ3v) is 7.27. The van der Waals surface area contributed by atoms with Crippen LogP contribution >= 0.6 is 0 Å². The number of benzene rings is 2. The number of rotatable bonds is 3. The predicted molar refractivity (Wildman–Crippen MR) is 142 cm³/mol. The summed E-state index contributed by atoms with van der Waals surface area (Å²) in [6, 6.07) is 11.3. The third kappa shape index (κ3) is 7.10. The molecule has 0 saturated heterocycles. The Morgan fingerprint density at radius 2 is 1.71 bits per heavy atom. The van der Waals surface area contributed by atoms with Gasteiger partial charge in [-0.05, 0) is 68.4 Å². The predicted octanol–water partition coefficient (Wildman–Crippen LogP) is 2.21. The maximum absolute atomic E-state index is 13.5. The van der Waals surface area contributed by atoms with E-state index in [9.17, 15) is 18.8 Å². The minimum Gasteiger partial charge on any atom is -0.492 e. The van der Waals surface area contributed by atoms with Crippen LogP contribution in [0, 0.1) is 11.7 Å². The van der Waals surface area contributed by atoms with Crippen LogP contribution in [-0.4, -0.2) is 67.0 Å². The lowest BCUT2D eigenvalue weighted by atomic mass is 10.0. The number of hydrogen-bond donors (Lipinski definition) is 3. The maximum atomic E-state index is 13.5. The molecule has 9 heteroatoms. The molecular weight excluding hydrogens is 487 g/mol. The molecule has 1 aliphatic heterocycles. The van der Waals surface area contributed by atoms with Crippen LogP contribution < -0.4 is 20.7 Å². The molecule has 4 atom stereocenters. The Balaban J connectivity index is 1.59. The molecule has 0 bridgehead atoms. The molecule has 2 aliphatic rings. The van der Waals surface area contributed by atoms with Crippen molar-refractivity contribution in [1.29, 1.82) is 0 Å². The van der Waals surface area contributed by atoms with E-state index < -0.39 is 24.0 Å². The van der Waals surface area contributed by atoms with Gasteiger partial charge in [0.15, 0.2) is 0 Å². The Kier molecular flexibility index (Phi) is 8.99. The number of nitrogens with one attached hydrogen (secondary N) is 3. The van der Waals surface area contributed by atoms with E-state index in [1.165, 1.54) is 17.0 Å². The molecule has 204 valence electrons. The van der Waals surface area contributed by atoms with E-state index in [2.05, 4.69) is 16.0 Å². The Morgan fingerprint density at radius 3 is 2.42 bits per heavy atom. The van der Waals surface area contributed by atoms with Gasteiger partial charge < -0.3 is 20.3 Å². The summed E-state index contributed by atoms with van der Waals surface area (Å²) >= 11 is 0. The van der Waals surface area contributed by atoms with Crippen molar-refractivity contribution in [1.82, 2.24) is 20.9 Å². The average molecular weight is 525 g/mol. The second kappa shape index (κ2) is 12.4. The van der Waals surface area contributed by atoms with Gasteiger partial charge in [0.25, 0.3) is 0 Å². The van der Waals surface area contributed by atoms with Crippen LogP contribution in [0.4, 0.5) is 4.39 Å². The number of nitrogens with zero attached hydrogens (tertiary/aromatic N) is 1. The summed E-state index contributed by atoms with van der Waals surface area (Å²) in [7, 11) is 1.62. The molecule has 2 aromatic rings. The first-order chi connectivity index (χ1) is 18.2. The summed E-state index contributed by atoms with van der Waals surface area (Å²) < 4.78 is 19.5. The molecule has 2 aromatic carbocycles. The number of para-hydroxylation sites is 1. The van der Waals surface area contributed by atoms with Crippen molar-refractivity contribution in [3.63, 3.8) is 0 Å². The number of amides is 3. The smallest absolute Gasteiger partial charge is 0.243 e. The number of likely N-dealkylation sites (N-methyl/N-ethyl adjacent to an activating group) is 1. The average Bonchev–Trinajstić information content (AvgIpc) is 3.75. The van der Waals surface area contributed by atoms with Crippen LogP contribution in [0.15, 0.2) is 48.5 Å². The van der Waals surface area contributed by atoms with Crippen molar-refractivity contribution >= 4 is 17.7 Å². The maximum Gasteiger partial charge on any atom is 0.243 e. The third-order valence-electron chi connectivity index (χ3n) is 7.27. The molecule has 1 saturated carbocycles. The minimum absolute atomic E-state index is 0.0920. The van der Waals surface area contributed by atoms with Crippen molar-refractivity contribution in [2.75, 3.05) is 20.2 Å². The van der Waals surface area contributed by atoms with Crippen molar-refractivity contribution in [3.8, 4) is 5.75 Å². The Morgan fingerprint density at radius 1 is 1.00 bits per heavy atom. The van der Waals surface area contributed by atoms with E-state index in [0.717, 1.165) is 24.2 Å². The molecule has 8 nitrogen and oxygen atoms in total. The Labute approximate surface area is 223 Å². The zero-order valence-corrected chi connectivity index (χ0v) is 22.2. The number of ether oxygens (including phenoxy) is 1. The van der Waals surface area contributed by atoms with E-state index in [-0.39, 0.29) is 36.0 Å². The van der Waals surface area contributed by atoms with Gasteiger partial charge in [-0.15, -0.1) is 0 Å². The number of fused-ring (bicyclic) bond motifs is 1. The highest BCUT2D eigenvalue weighted by Crippen LogP contribution is 2.34. The number of hydrogen-bond acceptors (Lipinski definition) is 5. The molecule has 0 spiro atoms. The fourth-order valence-electron chi connectivity index (χ4n) is 4.65. The molecule has 1 fully saturated rings. The van der Waals surface area contributed by atoms with E-state index in [0.29, 0.717) is 25.1 Å². The zero-order valence-electron chi connectivity index (χ0n) is 22.2. The van der Waals surface area contributed by atoms with Gasteiger partial charge in [-0.1, -0.05) is 30.3 Å². The Bertz CT molecular complexity index is 1140. The van der Waals surface area contributed by atoms with E-state index in [4.69, 9.17) is 4.74 Å². The van der Waals surface area contributed by atoms with Crippen molar-refractivity contribution in [2.45, 2.75) is 63.7 Å². The first-order valence-corrected chi connectivity index (χ1v) is 13.3. The van der Waals surface area contributed by atoms with Crippen LogP contribution in [0.25, 0.3) is 0 Å². The highest BCUT2D eigenvalue weighted by atomic mass is 19.1. The summed E-state index contributed by atoms with van der Waals surface area (Å²) in [4.78, 5) is 41.4. The van der Waals surface area contributed by atoms with Gasteiger partial charge in [0.2, 0.25) is 17.7 Å². The van der Waals surface area contributed by atoms with E-state index in [1.807, 2.05) is 31.2 Å². The minimum atomic E-state index is -0.890. The molecule has 1 unspecified atom stereocenters. The fourth-order valence-corrected chi connectivity index (χ4v) is 4.65. The highest BCUT2D eigenvalue weighted by molar-refractivity contribution is 5.93. The summed E-state index contributed by atoms with van der Waals surface area (Å²) in [5.41, 5.74) is 1.66. The van der Waals surface area contributed by atoms with Crippen LogP contribution in [-0.2, 0) is 27.2 Å². The van der Waals surface area contributed by atoms with Gasteiger partial charge >= 0.3 is 0 Å². The van der Waals surface area contributed by atoms with Crippen LogP contribution in [0.5, 0.6) is 5.75 Å². The highest BCUT2D eigenvalue weighted by Gasteiger charge is 2.40. The van der Waals surface area contributed by atoms with E-state index in [1.54, 1.807) is 26.1 Å². The fraction of sp³-hybridized carbons (Fsp3) is 0.483. The van der Waals surface area contributed by atoms with Gasteiger partial charge in [-0.25, -0.2) is 4.39 Å². The number of halogens is 1. The topological polar surface area (TPSA) is 99.8 Å². The van der Waals surface area contributed by atoms with Gasteiger partial charge in [0.1, 0.15) is 30.3 Å². The van der Waals surface area contributed by atoms with Crippen molar-refractivity contribution < 1.29 is 23.5 Å². The second-order valence-corrected chi connectivity index (χ2v) is 10.4. The molecule has 0 radical (unpaired) electrons. The SMILES string of the molecule is CC1COc2ccccc2CCNC(=O)[C@@H](Cc2ccc(F)cc2)NC(=O)[C@@H](C)N(C)C(=O)[C@H](C2CC2)N1. The molecular formula is C29H37FN4O4. The lowest BCUT2D eigenvalue weighted by molar-refractivity contribution is -0.141. The molecule has 3 N–H and O–H groups in total. The first-order valence-electron chi connectivity index (χ1n) is 13.3. The second-order valence-electron chi connectivity index (χ2n) is 10.4. The zero-order chi connectivity index (χ0) is 27.2. The number of carbonyl (C=O) groups is 3. The standard InChI is InChI=1S/C29H37FN4O4/c1-18-17-38-25-7-5-4-6-21(25)14-15-31-28(36)24(16-20-8-12-23(30)13-9-20)33-27(35)19(2)34(3)29(37)26(32-18)22-10-11-22/h4-9,12-13,18-19,22,24,26,32H,10-11,14-17H2,1-3H3,(H,31,36)(H,33,35)/t18?,19-,24-,26+/m1/s1. The summed E-state index contributed by atoms with van der Waals surface area (Å²) in [5.74, 6) is -0.364. The summed E-state index contributed by atoms with van der Waals surface area (Å²) in [5, 5.41) is 9.17. The molecule has 38 heavy (non-hydrogen) atoms. The van der Waals surface area contributed by atoms with Gasteiger partial charge in [0, 0.05) is 26.1 Å². The molecule has 3 amide bonds. The van der Waals surface area contributed by atoms with Gasteiger partial charge in [-0.2, -0.15) is 0 Å². The lowest BCUT2D eigenvalue weighted by Gasteiger charge is -2.31. The summed E-state index contributed by atoms with van der Waals surface area (Å²) in [6.07, 6.45) is 2.64. The molecule has 4 rings (SSSR count). The van der Waals surface area contributed by atoms with Crippen LogP contribution in [0.3, 0.4) is 0 Å². The molecule has 1 aliphatic carbocycles. The summed E-state index contributed by atoms with van der Waals surface area (Å²) in [6.45, 7) is 4.36. The lowest BCUT2D eigenvalue weighted by Crippen LogP contribution is -2.57. The van der Waals surface area contributed by atoms with Crippen LogP contribution in [0.2, 0.25) is 0 Å². The first kappa shape index (κ1) is 27.6. The van der Waals surface area contributed by atoms with Crippen molar-refractivity contribution in [2.24, 2.45) is 5.92 Å². The van der Waals surface area contributed by atoms with Gasteiger partial charge in [-0.3, -0.25) is 19.7 Å². The van der Waals surface area contributed by atoms with Crippen LogP contribution in [0.1, 0.15) is 37.8 Å². The molecule has 1 heterocycles. The Hall–Kier alpha value is -3.46. The number of carbonyl (C=O) groups excluding carboxylic acids is 3. The van der Waals surface area contributed by atoms with Gasteiger partial charge in [0.05, 0.1) is 6.04 Å². The largest absolute Gasteiger partial charge is 0.492 e. The molecule has 0 aromatic heterocycles. The normalized spacial score (nSPS) is 26.0.